The fourth-order valence-electron chi connectivity index (χ4n) is 1.44. The molecule has 1 aromatic rings. The van der Waals surface area contributed by atoms with Crippen molar-refractivity contribution in [3.63, 3.8) is 0 Å². The minimum atomic E-state index is -0.240. The Morgan fingerprint density at radius 2 is 1.88 bits per heavy atom. The average Bonchev–Trinajstić information content (AvgIpc) is 2.34. The number of nitrogens with one attached hydrogen (secondary N) is 1. The average molecular weight is 260 g/mol. The van der Waals surface area contributed by atoms with Crippen molar-refractivity contribution in [3.05, 3.63) is 28.8 Å². The molecule has 1 rings (SSSR count). The van der Waals surface area contributed by atoms with Gasteiger partial charge in [0.1, 0.15) is 5.75 Å². The van der Waals surface area contributed by atoms with E-state index < -0.39 is 0 Å². The van der Waals surface area contributed by atoms with E-state index in [0.717, 1.165) is 11.3 Å². The van der Waals surface area contributed by atoms with E-state index in [9.17, 15) is 0 Å². The Morgan fingerprint density at radius 3 is 2.47 bits per heavy atom. The fraction of sp³-hybridized carbons (Fsp3) is 0.500. The number of ether oxygens (including phenoxy) is 3. The SMILES string of the molecule is COc1cc(Cl)cc(CNCC(OC)OC)c1. The van der Waals surface area contributed by atoms with E-state index in [0.29, 0.717) is 18.1 Å². The Morgan fingerprint density at radius 1 is 1.18 bits per heavy atom. The van der Waals surface area contributed by atoms with E-state index in [-0.39, 0.29) is 6.29 Å². The highest BCUT2D eigenvalue weighted by Crippen LogP contribution is 2.20. The summed E-state index contributed by atoms with van der Waals surface area (Å²) in [6.45, 7) is 1.29. The molecule has 0 fully saturated rings. The summed E-state index contributed by atoms with van der Waals surface area (Å²) in [5, 5.41) is 3.88. The Balaban J connectivity index is 2.48. The molecule has 0 saturated carbocycles. The van der Waals surface area contributed by atoms with Gasteiger partial charge >= 0.3 is 0 Å². The molecule has 0 heterocycles. The lowest BCUT2D eigenvalue weighted by molar-refractivity contribution is -0.0989. The van der Waals surface area contributed by atoms with Crippen LogP contribution in [0, 0.1) is 0 Å². The molecule has 0 radical (unpaired) electrons. The molecule has 5 heteroatoms. The Labute approximate surface area is 107 Å². The smallest absolute Gasteiger partial charge is 0.169 e. The standard InChI is InChI=1S/C12H18ClNO3/c1-15-11-5-9(4-10(13)6-11)7-14-8-12(16-2)17-3/h4-6,12,14H,7-8H2,1-3H3. The van der Waals surface area contributed by atoms with Crippen LogP contribution in [0.1, 0.15) is 5.56 Å². The number of hydrogen-bond acceptors (Lipinski definition) is 4. The number of rotatable bonds is 7. The third-order valence-corrected chi connectivity index (χ3v) is 2.55. The normalized spacial score (nSPS) is 10.9. The molecule has 0 aliphatic rings. The number of methoxy groups -OCH3 is 3. The lowest BCUT2D eigenvalue weighted by atomic mass is 10.2. The van der Waals surface area contributed by atoms with Crippen molar-refractivity contribution in [2.45, 2.75) is 12.8 Å². The zero-order valence-corrected chi connectivity index (χ0v) is 11.1. The first-order valence-electron chi connectivity index (χ1n) is 5.29. The molecule has 0 aliphatic heterocycles. The molecule has 0 unspecified atom stereocenters. The van der Waals surface area contributed by atoms with Gasteiger partial charge in [-0.05, 0) is 23.8 Å². The predicted octanol–water partition coefficient (Wildman–Crippen LogP) is 2.06. The maximum absolute atomic E-state index is 5.97. The van der Waals surface area contributed by atoms with Crippen molar-refractivity contribution in [1.82, 2.24) is 5.32 Å². The van der Waals surface area contributed by atoms with Crippen molar-refractivity contribution in [2.24, 2.45) is 0 Å². The quantitative estimate of drug-likeness (QED) is 0.761. The van der Waals surface area contributed by atoms with E-state index in [1.165, 1.54) is 0 Å². The maximum atomic E-state index is 5.97. The molecule has 0 spiro atoms. The van der Waals surface area contributed by atoms with Crippen LogP contribution in [0.15, 0.2) is 18.2 Å². The van der Waals surface area contributed by atoms with Gasteiger partial charge in [-0.3, -0.25) is 0 Å². The van der Waals surface area contributed by atoms with Gasteiger partial charge in [-0.1, -0.05) is 11.6 Å². The fourth-order valence-corrected chi connectivity index (χ4v) is 1.69. The molecule has 0 aromatic heterocycles. The van der Waals surface area contributed by atoms with E-state index in [1.54, 1.807) is 27.4 Å². The summed E-state index contributed by atoms with van der Waals surface area (Å²) < 4.78 is 15.3. The van der Waals surface area contributed by atoms with Gasteiger partial charge < -0.3 is 19.5 Å². The maximum Gasteiger partial charge on any atom is 0.169 e. The molecular weight excluding hydrogens is 242 g/mol. The van der Waals surface area contributed by atoms with Crippen LogP contribution in [0.5, 0.6) is 5.75 Å². The van der Waals surface area contributed by atoms with Gasteiger partial charge in [0.2, 0.25) is 0 Å². The first-order chi connectivity index (χ1) is 8.19. The summed E-state index contributed by atoms with van der Waals surface area (Å²) >= 11 is 5.97. The summed E-state index contributed by atoms with van der Waals surface area (Å²) in [5.74, 6) is 0.754. The molecule has 17 heavy (non-hydrogen) atoms. The van der Waals surface area contributed by atoms with Gasteiger partial charge in [0.05, 0.1) is 7.11 Å². The van der Waals surface area contributed by atoms with Gasteiger partial charge in [-0.25, -0.2) is 0 Å². The second-order valence-electron chi connectivity index (χ2n) is 3.53. The summed E-state index contributed by atoms with van der Waals surface area (Å²) in [7, 11) is 4.84. The van der Waals surface area contributed by atoms with Crippen LogP contribution in [0.4, 0.5) is 0 Å². The van der Waals surface area contributed by atoms with Gasteiger partial charge in [0.25, 0.3) is 0 Å². The van der Waals surface area contributed by atoms with Gasteiger partial charge in [0, 0.05) is 32.3 Å². The molecule has 4 nitrogen and oxygen atoms in total. The topological polar surface area (TPSA) is 39.7 Å². The van der Waals surface area contributed by atoms with Crippen molar-refractivity contribution in [2.75, 3.05) is 27.9 Å². The summed E-state index contributed by atoms with van der Waals surface area (Å²) in [4.78, 5) is 0. The molecular formula is C12H18ClNO3. The lowest BCUT2D eigenvalue weighted by Gasteiger charge is -2.14. The van der Waals surface area contributed by atoms with Crippen molar-refractivity contribution in [1.29, 1.82) is 0 Å². The Hall–Kier alpha value is -0.810. The van der Waals surface area contributed by atoms with Crippen LogP contribution in [0.3, 0.4) is 0 Å². The molecule has 0 saturated heterocycles. The van der Waals surface area contributed by atoms with Crippen LogP contribution in [0.2, 0.25) is 5.02 Å². The predicted molar refractivity (Wildman–Crippen MR) is 67.5 cm³/mol. The minimum Gasteiger partial charge on any atom is -0.497 e. The van der Waals surface area contributed by atoms with Crippen LogP contribution in [0.25, 0.3) is 0 Å². The van der Waals surface area contributed by atoms with Crippen molar-refractivity contribution in [3.8, 4) is 5.75 Å². The third kappa shape index (κ3) is 4.91. The molecule has 0 bridgehead atoms. The molecule has 1 N–H and O–H groups in total. The van der Waals surface area contributed by atoms with Crippen molar-refractivity contribution < 1.29 is 14.2 Å². The molecule has 0 amide bonds. The second-order valence-corrected chi connectivity index (χ2v) is 3.97. The van der Waals surface area contributed by atoms with Crippen LogP contribution in [-0.4, -0.2) is 34.2 Å². The van der Waals surface area contributed by atoms with Crippen LogP contribution in [-0.2, 0) is 16.0 Å². The zero-order valence-electron chi connectivity index (χ0n) is 10.3. The monoisotopic (exact) mass is 259 g/mol. The van der Waals surface area contributed by atoms with Gasteiger partial charge in [-0.15, -0.1) is 0 Å². The van der Waals surface area contributed by atoms with E-state index in [2.05, 4.69) is 5.32 Å². The minimum absolute atomic E-state index is 0.240. The second kappa shape index (κ2) is 7.50. The summed E-state index contributed by atoms with van der Waals surface area (Å²) in [6, 6.07) is 5.61. The highest BCUT2D eigenvalue weighted by molar-refractivity contribution is 6.30. The van der Waals surface area contributed by atoms with Gasteiger partial charge in [-0.2, -0.15) is 0 Å². The highest BCUT2D eigenvalue weighted by atomic mass is 35.5. The Bertz CT molecular complexity index is 343. The van der Waals surface area contributed by atoms with E-state index in [1.807, 2.05) is 12.1 Å². The van der Waals surface area contributed by atoms with Crippen LogP contribution >= 0.6 is 11.6 Å². The molecule has 1 aromatic carbocycles. The molecule has 96 valence electrons. The van der Waals surface area contributed by atoms with Crippen LogP contribution < -0.4 is 10.1 Å². The third-order valence-electron chi connectivity index (χ3n) is 2.33. The van der Waals surface area contributed by atoms with Crippen molar-refractivity contribution >= 4 is 11.6 Å². The zero-order chi connectivity index (χ0) is 12.7. The number of hydrogen-bond donors (Lipinski definition) is 1. The first-order valence-corrected chi connectivity index (χ1v) is 5.67. The first kappa shape index (κ1) is 14.3. The Kier molecular flexibility index (Phi) is 6.29. The summed E-state index contributed by atoms with van der Waals surface area (Å²) in [5.41, 5.74) is 1.06. The van der Waals surface area contributed by atoms with E-state index in [4.69, 9.17) is 25.8 Å². The van der Waals surface area contributed by atoms with E-state index >= 15 is 0 Å². The number of halogens is 1. The summed E-state index contributed by atoms with van der Waals surface area (Å²) in [6.07, 6.45) is -0.240. The lowest BCUT2D eigenvalue weighted by Crippen LogP contribution is -2.29. The number of benzene rings is 1. The largest absolute Gasteiger partial charge is 0.497 e. The van der Waals surface area contributed by atoms with Gasteiger partial charge in [0.15, 0.2) is 6.29 Å². The molecule has 0 atom stereocenters. The molecule has 0 aliphatic carbocycles. The highest BCUT2D eigenvalue weighted by Gasteiger charge is 2.04.